The summed E-state index contributed by atoms with van der Waals surface area (Å²) in [5, 5.41) is 0. The van der Waals surface area contributed by atoms with E-state index < -0.39 is 60.1 Å². The maximum absolute atomic E-state index is 14.9. The standard InChI is InChI=1S/C28H25F7O3/c1-2-3-16-14-36-27(37-15-16)19-6-4-17(5-7-19)21-9-8-18(24(31)25(21)32)10-11-28(34,35)38-20-12-22(29)26(33)23(30)13-20/h4-9,12-13,16,27H,2-3,10-11,14-15H2,1H3. The third kappa shape index (κ3) is 6.47. The molecule has 0 saturated carbocycles. The Morgan fingerprint density at radius 1 is 0.842 bits per heavy atom. The van der Waals surface area contributed by atoms with Crippen molar-refractivity contribution in [2.75, 3.05) is 13.2 Å². The van der Waals surface area contributed by atoms with Crippen LogP contribution in [0.2, 0.25) is 0 Å². The Morgan fingerprint density at radius 2 is 1.47 bits per heavy atom. The van der Waals surface area contributed by atoms with E-state index in [1.54, 1.807) is 24.3 Å². The second-order valence-corrected chi connectivity index (χ2v) is 9.12. The van der Waals surface area contributed by atoms with Gasteiger partial charge in [-0.3, -0.25) is 0 Å². The molecule has 1 aliphatic heterocycles. The van der Waals surface area contributed by atoms with E-state index in [4.69, 9.17) is 9.47 Å². The van der Waals surface area contributed by atoms with Crippen LogP contribution in [-0.4, -0.2) is 19.3 Å². The van der Waals surface area contributed by atoms with Gasteiger partial charge in [-0.05, 0) is 24.0 Å². The Hall–Kier alpha value is -3.11. The molecule has 10 heteroatoms. The van der Waals surface area contributed by atoms with E-state index in [2.05, 4.69) is 11.7 Å². The molecule has 0 aromatic heterocycles. The summed E-state index contributed by atoms with van der Waals surface area (Å²) in [5.41, 5.74) is 0.689. The molecule has 0 aliphatic carbocycles. The largest absolute Gasteiger partial charge is 0.432 e. The summed E-state index contributed by atoms with van der Waals surface area (Å²) in [6.07, 6.45) is -4.27. The van der Waals surface area contributed by atoms with Gasteiger partial charge in [0.25, 0.3) is 0 Å². The zero-order valence-corrected chi connectivity index (χ0v) is 20.4. The lowest BCUT2D eigenvalue weighted by molar-refractivity contribution is -0.206. The van der Waals surface area contributed by atoms with Crippen molar-refractivity contribution in [3.63, 3.8) is 0 Å². The van der Waals surface area contributed by atoms with Crippen molar-refractivity contribution >= 4 is 0 Å². The minimum Gasteiger partial charge on any atom is -0.432 e. The first-order valence-electron chi connectivity index (χ1n) is 12.1. The van der Waals surface area contributed by atoms with Crippen molar-refractivity contribution in [3.05, 3.63) is 88.7 Å². The molecule has 1 aliphatic rings. The Labute approximate surface area is 215 Å². The van der Waals surface area contributed by atoms with Gasteiger partial charge in [-0.25, -0.2) is 22.0 Å². The molecule has 0 amide bonds. The average Bonchev–Trinajstić information content (AvgIpc) is 2.89. The second-order valence-electron chi connectivity index (χ2n) is 9.12. The molecular formula is C28H25F7O3. The van der Waals surface area contributed by atoms with E-state index in [9.17, 15) is 30.7 Å². The quantitative estimate of drug-likeness (QED) is 0.202. The van der Waals surface area contributed by atoms with Crippen LogP contribution in [0.4, 0.5) is 30.7 Å². The lowest BCUT2D eigenvalue weighted by Gasteiger charge is -2.29. The lowest BCUT2D eigenvalue weighted by atomic mass is 9.99. The van der Waals surface area contributed by atoms with Crippen LogP contribution in [0.3, 0.4) is 0 Å². The molecule has 0 radical (unpaired) electrons. The number of aryl methyl sites for hydroxylation is 1. The normalized spacial score (nSPS) is 18.0. The summed E-state index contributed by atoms with van der Waals surface area (Å²) in [4.78, 5) is 0. The van der Waals surface area contributed by atoms with Crippen molar-refractivity contribution in [3.8, 4) is 16.9 Å². The first-order valence-corrected chi connectivity index (χ1v) is 12.1. The van der Waals surface area contributed by atoms with Gasteiger partial charge in [0.15, 0.2) is 35.4 Å². The number of alkyl halides is 2. The molecule has 0 bridgehead atoms. The zero-order chi connectivity index (χ0) is 27.4. The van der Waals surface area contributed by atoms with E-state index in [0.717, 1.165) is 18.4 Å². The molecule has 0 N–H and O–H groups in total. The van der Waals surface area contributed by atoms with Gasteiger partial charge >= 0.3 is 6.11 Å². The van der Waals surface area contributed by atoms with Crippen LogP contribution < -0.4 is 4.74 Å². The highest BCUT2D eigenvalue weighted by Gasteiger charge is 2.33. The zero-order valence-electron chi connectivity index (χ0n) is 20.4. The SMILES string of the molecule is CCCC1COC(c2ccc(-c3ccc(CCC(F)(F)Oc4cc(F)c(F)c(F)c4)c(F)c3F)cc2)OC1. The first-order chi connectivity index (χ1) is 18.1. The third-order valence-electron chi connectivity index (χ3n) is 6.23. The third-order valence-corrected chi connectivity index (χ3v) is 6.23. The van der Waals surface area contributed by atoms with E-state index in [1.165, 1.54) is 12.1 Å². The van der Waals surface area contributed by atoms with Crippen LogP contribution in [0, 0.1) is 35.0 Å². The van der Waals surface area contributed by atoms with Crippen LogP contribution >= 0.6 is 0 Å². The van der Waals surface area contributed by atoms with Crippen LogP contribution in [0.5, 0.6) is 5.75 Å². The Morgan fingerprint density at radius 3 is 2.08 bits per heavy atom. The predicted octanol–water partition coefficient (Wildman–Crippen LogP) is 8.12. The Kier molecular flexibility index (Phi) is 8.62. The number of halogens is 7. The molecule has 3 aromatic rings. The van der Waals surface area contributed by atoms with Crippen molar-refractivity contribution in [2.45, 2.75) is 45.0 Å². The van der Waals surface area contributed by atoms with Gasteiger partial charge in [-0.15, -0.1) is 0 Å². The van der Waals surface area contributed by atoms with Crippen LogP contribution in [0.1, 0.15) is 43.6 Å². The molecule has 0 unspecified atom stereocenters. The van der Waals surface area contributed by atoms with Crippen molar-refractivity contribution < 1.29 is 44.9 Å². The summed E-state index contributed by atoms with van der Waals surface area (Å²) < 4.78 is 113. The fourth-order valence-electron chi connectivity index (χ4n) is 4.23. The van der Waals surface area contributed by atoms with E-state index in [1.807, 2.05) is 0 Å². The minimum absolute atomic E-state index is 0.0634. The molecular weight excluding hydrogens is 517 g/mol. The average molecular weight is 542 g/mol. The fraction of sp³-hybridized carbons (Fsp3) is 0.357. The van der Waals surface area contributed by atoms with E-state index >= 15 is 0 Å². The van der Waals surface area contributed by atoms with Crippen molar-refractivity contribution in [2.24, 2.45) is 5.92 Å². The van der Waals surface area contributed by atoms with Gasteiger partial charge in [0, 0.05) is 29.2 Å². The number of rotatable bonds is 9. The molecule has 0 atom stereocenters. The number of ether oxygens (including phenoxy) is 3. The van der Waals surface area contributed by atoms with Gasteiger partial charge in [0.05, 0.1) is 19.6 Å². The summed E-state index contributed by atoms with van der Waals surface area (Å²) in [7, 11) is 0. The topological polar surface area (TPSA) is 27.7 Å². The number of hydrogen-bond acceptors (Lipinski definition) is 3. The highest BCUT2D eigenvalue weighted by molar-refractivity contribution is 5.65. The van der Waals surface area contributed by atoms with Crippen LogP contribution in [0.25, 0.3) is 11.1 Å². The van der Waals surface area contributed by atoms with Gasteiger partial charge in [-0.1, -0.05) is 49.7 Å². The molecule has 3 aromatic carbocycles. The molecule has 1 heterocycles. The Bertz CT molecular complexity index is 1230. The van der Waals surface area contributed by atoms with Crippen molar-refractivity contribution in [1.29, 1.82) is 0 Å². The number of benzene rings is 3. The van der Waals surface area contributed by atoms with Gasteiger partial charge in [0.1, 0.15) is 5.75 Å². The molecule has 0 spiro atoms. The van der Waals surface area contributed by atoms with Crippen LogP contribution in [0.15, 0.2) is 48.5 Å². The highest BCUT2D eigenvalue weighted by atomic mass is 19.3. The Balaban J connectivity index is 1.41. The van der Waals surface area contributed by atoms with Gasteiger partial charge in [-0.2, -0.15) is 8.78 Å². The summed E-state index contributed by atoms with van der Waals surface area (Å²) >= 11 is 0. The van der Waals surface area contributed by atoms with E-state index in [-0.39, 0.29) is 23.3 Å². The molecule has 38 heavy (non-hydrogen) atoms. The maximum Gasteiger partial charge on any atom is 0.398 e. The van der Waals surface area contributed by atoms with E-state index in [0.29, 0.717) is 24.7 Å². The van der Waals surface area contributed by atoms with Gasteiger partial charge in [0.2, 0.25) is 0 Å². The molecule has 1 fully saturated rings. The molecule has 3 nitrogen and oxygen atoms in total. The fourth-order valence-corrected chi connectivity index (χ4v) is 4.23. The van der Waals surface area contributed by atoms with Gasteiger partial charge < -0.3 is 14.2 Å². The smallest absolute Gasteiger partial charge is 0.398 e. The molecule has 4 rings (SSSR count). The highest BCUT2D eigenvalue weighted by Crippen LogP contribution is 2.33. The summed E-state index contributed by atoms with van der Waals surface area (Å²) in [6, 6.07) is 9.52. The monoisotopic (exact) mass is 542 g/mol. The predicted molar refractivity (Wildman–Crippen MR) is 125 cm³/mol. The molecule has 204 valence electrons. The minimum atomic E-state index is -3.99. The second kappa shape index (κ2) is 11.7. The van der Waals surface area contributed by atoms with Crippen LogP contribution in [-0.2, 0) is 15.9 Å². The molecule has 1 saturated heterocycles. The maximum atomic E-state index is 14.9. The lowest BCUT2D eigenvalue weighted by Crippen LogP contribution is -2.26. The number of hydrogen-bond donors (Lipinski definition) is 0. The van der Waals surface area contributed by atoms with Crippen molar-refractivity contribution in [1.82, 2.24) is 0 Å². The first kappa shape index (κ1) is 27.9. The summed E-state index contributed by atoms with van der Waals surface area (Å²) in [6.45, 7) is 3.23. The summed E-state index contributed by atoms with van der Waals surface area (Å²) in [5.74, 6) is -8.35.